The molecule has 0 bridgehead atoms. The van der Waals surface area contributed by atoms with Crippen LogP contribution in [0, 0.1) is 5.92 Å². The van der Waals surface area contributed by atoms with Crippen molar-refractivity contribution in [2.75, 3.05) is 39.9 Å². The summed E-state index contributed by atoms with van der Waals surface area (Å²) in [5.41, 5.74) is 1.30. The second kappa shape index (κ2) is 10.6. The van der Waals surface area contributed by atoms with E-state index in [-0.39, 0.29) is 0 Å². The Bertz CT molecular complexity index is 1110. The zero-order chi connectivity index (χ0) is 22.4. The van der Waals surface area contributed by atoms with Gasteiger partial charge in [-0.3, -0.25) is 4.90 Å². The first-order chi connectivity index (χ1) is 15.6. The van der Waals surface area contributed by atoms with Gasteiger partial charge in [0.25, 0.3) is 0 Å². The molecule has 4 rings (SSSR count). The highest BCUT2D eigenvalue weighted by Crippen LogP contribution is 2.28. The van der Waals surface area contributed by atoms with Crippen LogP contribution < -0.4 is 0 Å². The van der Waals surface area contributed by atoms with E-state index in [0.717, 1.165) is 43.2 Å². The maximum Gasteiger partial charge on any atom is 0.243 e. The van der Waals surface area contributed by atoms with E-state index in [9.17, 15) is 8.42 Å². The van der Waals surface area contributed by atoms with E-state index in [1.54, 1.807) is 17.5 Å². The normalized spacial score (nSPS) is 17.8. The van der Waals surface area contributed by atoms with Crippen molar-refractivity contribution in [1.29, 1.82) is 0 Å². The van der Waals surface area contributed by atoms with Crippen LogP contribution in [-0.4, -0.2) is 57.5 Å². The lowest BCUT2D eigenvalue weighted by atomic mass is 9.97. The number of hydrogen-bond acceptors (Lipinski definition) is 4. The number of methoxy groups -OCH3 is 1. The summed E-state index contributed by atoms with van der Waals surface area (Å²) >= 11 is 0. The Morgan fingerprint density at radius 1 is 1.00 bits per heavy atom. The van der Waals surface area contributed by atoms with Crippen molar-refractivity contribution in [2.24, 2.45) is 5.92 Å². The van der Waals surface area contributed by atoms with Crippen molar-refractivity contribution in [3.8, 4) is 0 Å². The first-order valence-electron chi connectivity index (χ1n) is 11.3. The lowest BCUT2D eigenvalue weighted by Crippen LogP contribution is -2.43. The standard InChI is InChI=1S/C26H32N2O3S/c1-31-18-17-28(32(29,30)26-15-7-13-24-12-5-6-14-25(24)26)21-23-11-8-16-27(20-23)19-22-9-3-2-4-10-22/h2-7,9-10,12-15,23H,8,11,16-21H2,1H3. The maximum absolute atomic E-state index is 13.8. The average molecular weight is 453 g/mol. The summed E-state index contributed by atoms with van der Waals surface area (Å²) in [5, 5.41) is 1.71. The van der Waals surface area contributed by atoms with Gasteiger partial charge in [-0.2, -0.15) is 4.31 Å². The number of benzene rings is 3. The predicted molar refractivity (Wildman–Crippen MR) is 129 cm³/mol. The summed E-state index contributed by atoms with van der Waals surface area (Å²) in [4.78, 5) is 2.83. The summed E-state index contributed by atoms with van der Waals surface area (Å²) in [6, 6.07) is 23.7. The number of hydrogen-bond donors (Lipinski definition) is 0. The Labute approximate surface area is 191 Å². The molecule has 0 amide bonds. The maximum atomic E-state index is 13.8. The summed E-state index contributed by atoms with van der Waals surface area (Å²) in [7, 11) is -2.02. The minimum atomic E-state index is -3.64. The molecule has 1 heterocycles. The minimum Gasteiger partial charge on any atom is -0.383 e. The molecule has 0 saturated carbocycles. The Balaban J connectivity index is 1.54. The van der Waals surface area contributed by atoms with Gasteiger partial charge in [0.15, 0.2) is 0 Å². The molecule has 1 aliphatic rings. The van der Waals surface area contributed by atoms with E-state index in [1.807, 2.05) is 42.5 Å². The number of sulfonamides is 1. The van der Waals surface area contributed by atoms with Crippen LogP contribution in [0.15, 0.2) is 77.7 Å². The van der Waals surface area contributed by atoms with E-state index in [0.29, 0.717) is 30.5 Å². The largest absolute Gasteiger partial charge is 0.383 e. The first kappa shape index (κ1) is 22.9. The summed E-state index contributed by atoms with van der Waals surface area (Å²) in [6.07, 6.45) is 2.13. The van der Waals surface area contributed by atoms with Crippen LogP contribution in [-0.2, 0) is 21.3 Å². The molecule has 170 valence electrons. The highest BCUT2D eigenvalue weighted by atomic mass is 32.2. The van der Waals surface area contributed by atoms with E-state index in [1.165, 1.54) is 5.56 Å². The molecule has 1 atom stereocenters. The lowest BCUT2D eigenvalue weighted by molar-refractivity contribution is 0.135. The first-order valence-corrected chi connectivity index (χ1v) is 12.7. The molecule has 3 aromatic rings. The molecule has 6 heteroatoms. The minimum absolute atomic E-state index is 0.300. The molecule has 5 nitrogen and oxygen atoms in total. The summed E-state index contributed by atoms with van der Waals surface area (Å²) < 4.78 is 34.4. The molecule has 0 aliphatic carbocycles. The molecule has 1 aliphatic heterocycles. The number of likely N-dealkylation sites (tertiary alicyclic amines) is 1. The number of rotatable bonds is 9. The van der Waals surface area contributed by atoms with Crippen LogP contribution in [0.4, 0.5) is 0 Å². The quantitative estimate of drug-likeness (QED) is 0.483. The SMILES string of the molecule is COCCN(CC1CCCN(Cc2ccccc2)C1)S(=O)(=O)c1cccc2ccccc12. The average Bonchev–Trinajstić information content (AvgIpc) is 2.82. The van der Waals surface area contributed by atoms with Gasteiger partial charge in [-0.15, -0.1) is 0 Å². The van der Waals surface area contributed by atoms with Gasteiger partial charge >= 0.3 is 0 Å². The fourth-order valence-corrected chi connectivity index (χ4v) is 6.35. The molecule has 0 aromatic heterocycles. The highest BCUT2D eigenvalue weighted by Gasteiger charge is 2.30. The fourth-order valence-electron chi connectivity index (χ4n) is 4.64. The van der Waals surface area contributed by atoms with Gasteiger partial charge in [0, 0.05) is 38.7 Å². The van der Waals surface area contributed by atoms with Crippen molar-refractivity contribution >= 4 is 20.8 Å². The summed E-state index contributed by atoms with van der Waals surface area (Å²) in [6.45, 7) is 4.12. The van der Waals surface area contributed by atoms with E-state index >= 15 is 0 Å². The van der Waals surface area contributed by atoms with Gasteiger partial charge < -0.3 is 4.74 Å². The molecule has 32 heavy (non-hydrogen) atoms. The predicted octanol–water partition coefficient (Wildman–Crippen LogP) is 4.39. The van der Waals surface area contributed by atoms with Crippen molar-refractivity contribution in [2.45, 2.75) is 24.3 Å². The Morgan fingerprint density at radius 3 is 2.56 bits per heavy atom. The van der Waals surface area contributed by atoms with Gasteiger partial charge in [0.2, 0.25) is 10.0 Å². The van der Waals surface area contributed by atoms with Crippen molar-refractivity contribution in [3.63, 3.8) is 0 Å². The Hall–Kier alpha value is -2.25. The van der Waals surface area contributed by atoms with Gasteiger partial charge in [0.1, 0.15) is 0 Å². The van der Waals surface area contributed by atoms with Crippen molar-refractivity contribution in [3.05, 3.63) is 78.4 Å². The van der Waals surface area contributed by atoms with Crippen molar-refractivity contribution in [1.82, 2.24) is 9.21 Å². The molecule has 1 unspecified atom stereocenters. The molecule has 0 spiro atoms. The van der Waals surface area contributed by atoms with Crippen LogP contribution >= 0.6 is 0 Å². The molecule has 1 saturated heterocycles. The molecule has 3 aromatic carbocycles. The van der Waals surface area contributed by atoms with Gasteiger partial charge in [-0.25, -0.2) is 8.42 Å². The monoisotopic (exact) mass is 452 g/mol. The second-order valence-corrected chi connectivity index (χ2v) is 10.5. The number of ether oxygens (including phenoxy) is 1. The zero-order valence-electron chi connectivity index (χ0n) is 18.7. The van der Waals surface area contributed by atoms with Crippen LogP contribution in [0.5, 0.6) is 0 Å². The van der Waals surface area contributed by atoms with Gasteiger partial charge in [0.05, 0.1) is 11.5 Å². The summed E-state index contributed by atoms with van der Waals surface area (Å²) in [5.74, 6) is 0.300. The number of piperidine rings is 1. The number of fused-ring (bicyclic) bond motifs is 1. The highest BCUT2D eigenvalue weighted by molar-refractivity contribution is 7.89. The molecule has 0 N–H and O–H groups in total. The third-order valence-corrected chi connectivity index (χ3v) is 8.15. The van der Waals surface area contributed by atoms with Gasteiger partial charge in [-0.1, -0.05) is 66.7 Å². The molecule has 0 radical (unpaired) electrons. The smallest absolute Gasteiger partial charge is 0.243 e. The topological polar surface area (TPSA) is 49.9 Å². The van der Waals surface area contributed by atoms with E-state index in [4.69, 9.17) is 4.74 Å². The molecule has 1 fully saturated rings. The van der Waals surface area contributed by atoms with Crippen LogP contribution in [0.2, 0.25) is 0 Å². The molecular formula is C26H32N2O3S. The van der Waals surface area contributed by atoms with Crippen LogP contribution in [0.25, 0.3) is 10.8 Å². The van der Waals surface area contributed by atoms with Crippen LogP contribution in [0.3, 0.4) is 0 Å². The third kappa shape index (κ3) is 5.38. The van der Waals surface area contributed by atoms with Crippen LogP contribution in [0.1, 0.15) is 18.4 Å². The molecular weight excluding hydrogens is 420 g/mol. The third-order valence-electron chi connectivity index (χ3n) is 6.23. The van der Waals surface area contributed by atoms with Crippen molar-refractivity contribution < 1.29 is 13.2 Å². The van der Waals surface area contributed by atoms with E-state index in [2.05, 4.69) is 29.2 Å². The van der Waals surface area contributed by atoms with Gasteiger partial charge in [-0.05, 0) is 42.3 Å². The lowest BCUT2D eigenvalue weighted by Gasteiger charge is -2.35. The zero-order valence-corrected chi connectivity index (χ0v) is 19.5. The second-order valence-electron chi connectivity index (χ2n) is 8.56. The Morgan fingerprint density at radius 2 is 1.75 bits per heavy atom. The fraction of sp³-hybridized carbons (Fsp3) is 0.385. The van der Waals surface area contributed by atoms with E-state index < -0.39 is 10.0 Å². The Kier molecular flexibility index (Phi) is 7.58. The number of nitrogens with zero attached hydrogens (tertiary/aromatic N) is 2.